The Hall–Kier alpha value is -1.19. The van der Waals surface area contributed by atoms with Crippen LogP contribution in [0.15, 0.2) is 21.5 Å². The summed E-state index contributed by atoms with van der Waals surface area (Å²) in [5.74, 6) is -1.33. The summed E-state index contributed by atoms with van der Waals surface area (Å²) in [7, 11) is -4.13. The molecule has 1 aromatic carbocycles. The number of nitrogen functional groups attached to an aromatic ring is 1. The van der Waals surface area contributed by atoms with Gasteiger partial charge >= 0.3 is 0 Å². The highest BCUT2D eigenvalue weighted by Crippen LogP contribution is 2.29. The summed E-state index contributed by atoms with van der Waals surface area (Å²) in [6.45, 7) is 1.72. The fraction of sp³-hybridized carbons (Fsp3) is 0.364. The number of nitrogens with zero attached hydrogens (tertiary/aromatic N) is 1. The molecule has 3 N–H and O–H groups in total. The summed E-state index contributed by atoms with van der Waals surface area (Å²) in [4.78, 5) is 11.0. The van der Waals surface area contributed by atoms with Gasteiger partial charge in [-0.25, -0.2) is 12.8 Å². The Kier molecular flexibility index (Phi) is 4.03. The van der Waals surface area contributed by atoms with Crippen LogP contribution in [0.2, 0.25) is 0 Å². The zero-order valence-electron chi connectivity index (χ0n) is 10.6. The maximum absolute atomic E-state index is 14.0. The first-order valence-electron chi connectivity index (χ1n) is 5.79. The Labute approximate surface area is 124 Å². The largest absolute Gasteiger partial charge is 0.399 e. The molecule has 1 amide bonds. The fourth-order valence-corrected chi connectivity index (χ4v) is 4.31. The third-order valence-electron chi connectivity index (χ3n) is 3.05. The molecule has 1 unspecified atom stereocenters. The SMILES string of the molecule is CC1C(=O)NCCN1S(=O)(=O)c1cc(N)cc(Br)c1F. The van der Waals surface area contributed by atoms with Crippen LogP contribution in [0.5, 0.6) is 0 Å². The second-order valence-corrected chi connectivity index (χ2v) is 7.11. The molecule has 1 heterocycles. The lowest BCUT2D eigenvalue weighted by Gasteiger charge is -2.31. The molecule has 110 valence electrons. The number of carbonyl (C=O) groups excluding carboxylic acids is 1. The molecule has 0 aromatic heterocycles. The van der Waals surface area contributed by atoms with Crippen molar-refractivity contribution in [1.82, 2.24) is 9.62 Å². The van der Waals surface area contributed by atoms with E-state index in [0.717, 1.165) is 10.4 Å². The summed E-state index contributed by atoms with van der Waals surface area (Å²) in [6, 6.07) is 1.43. The van der Waals surface area contributed by atoms with Crippen LogP contribution >= 0.6 is 15.9 Å². The smallest absolute Gasteiger partial charge is 0.246 e. The van der Waals surface area contributed by atoms with Crippen LogP contribution in [0.25, 0.3) is 0 Å². The summed E-state index contributed by atoms with van der Waals surface area (Å²) in [5, 5.41) is 2.55. The van der Waals surface area contributed by atoms with Gasteiger partial charge in [-0.15, -0.1) is 0 Å². The van der Waals surface area contributed by atoms with Crippen molar-refractivity contribution >= 4 is 37.5 Å². The van der Waals surface area contributed by atoms with E-state index < -0.39 is 32.7 Å². The lowest BCUT2D eigenvalue weighted by atomic mass is 10.2. The molecule has 9 heteroatoms. The number of nitrogens with one attached hydrogen (secondary N) is 1. The fourth-order valence-electron chi connectivity index (χ4n) is 1.99. The van der Waals surface area contributed by atoms with Gasteiger partial charge in [0.15, 0.2) is 5.82 Å². The normalized spacial score (nSPS) is 20.8. The molecule has 20 heavy (non-hydrogen) atoms. The Balaban J connectivity index is 2.53. The molecular weight excluding hydrogens is 353 g/mol. The molecule has 1 saturated heterocycles. The zero-order valence-corrected chi connectivity index (χ0v) is 13.0. The highest BCUT2D eigenvalue weighted by atomic mass is 79.9. The Morgan fingerprint density at radius 1 is 1.50 bits per heavy atom. The topological polar surface area (TPSA) is 92.5 Å². The first kappa shape index (κ1) is 15.2. The summed E-state index contributed by atoms with van der Waals surface area (Å²) in [5.41, 5.74) is 5.67. The Bertz CT molecular complexity index is 665. The van der Waals surface area contributed by atoms with Crippen molar-refractivity contribution in [3.8, 4) is 0 Å². The number of amides is 1. The van der Waals surface area contributed by atoms with Crippen molar-refractivity contribution in [3.63, 3.8) is 0 Å². The van der Waals surface area contributed by atoms with E-state index in [1.54, 1.807) is 0 Å². The third-order valence-corrected chi connectivity index (χ3v) is 5.59. The van der Waals surface area contributed by atoms with Gasteiger partial charge in [0.2, 0.25) is 15.9 Å². The Morgan fingerprint density at radius 3 is 2.80 bits per heavy atom. The molecular formula is C11H13BrFN3O3S. The van der Waals surface area contributed by atoms with Crippen molar-refractivity contribution < 1.29 is 17.6 Å². The molecule has 0 spiro atoms. The second kappa shape index (κ2) is 5.30. The van der Waals surface area contributed by atoms with Crippen LogP contribution in [0, 0.1) is 5.82 Å². The van der Waals surface area contributed by atoms with Crippen LogP contribution in [0.1, 0.15) is 6.92 Å². The second-order valence-electron chi connectivity index (χ2n) is 4.40. The van der Waals surface area contributed by atoms with Gasteiger partial charge in [0.05, 0.1) is 4.47 Å². The van der Waals surface area contributed by atoms with E-state index in [0.29, 0.717) is 0 Å². The quantitative estimate of drug-likeness (QED) is 0.753. The van der Waals surface area contributed by atoms with Gasteiger partial charge in [0.1, 0.15) is 10.9 Å². The number of hydrogen-bond acceptors (Lipinski definition) is 4. The standard InChI is InChI=1S/C11H13BrFN3O3S/c1-6-11(17)15-2-3-16(6)20(18,19)9-5-7(14)4-8(12)10(9)13/h4-6H,2-3,14H2,1H3,(H,15,17). The number of carbonyl (C=O) groups is 1. The number of halogens is 2. The predicted octanol–water partition coefficient (Wildman–Crippen LogP) is 0.679. The van der Waals surface area contributed by atoms with Crippen molar-refractivity contribution in [2.45, 2.75) is 17.9 Å². The minimum atomic E-state index is -4.13. The number of hydrogen-bond donors (Lipinski definition) is 2. The molecule has 2 rings (SSSR count). The van der Waals surface area contributed by atoms with E-state index >= 15 is 0 Å². The summed E-state index contributed by atoms with van der Waals surface area (Å²) >= 11 is 2.92. The average molecular weight is 366 g/mol. The lowest BCUT2D eigenvalue weighted by Crippen LogP contribution is -2.55. The minimum absolute atomic E-state index is 0.0369. The molecule has 1 aromatic rings. The molecule has 1 aliphatic rings. The van der Waals surface area contributed by atoms with Crippen molar-refractivity contribution in [2.24, 2.45) is 0 Å². The molecule has 0 saturated carbocycles. The Morgan fingerprint density at radius 2 is 2.15 bits per heavy atom. The lowest BCUT2D eigenvalue weighted by molar-refractivity contribution is -0.126. The van der Waals surface area contributed by atoms with Gasteiger partial charge in [-0.3, -0.25) is 4.79 Å². The average Bonchev–Trinajstić information content (AvgIpc) is 2.36. The number of nitrogens with two attached hydrogens (primary N) is 1. The van der Waals surface area contributed by atoms with Crippen molar-refractivity contribution in [3.05, 3.63) is 22.4 Å². The van der Waals surface area contributed by atoms with E-state index in [9.17, 15) is 17.6 Å². The highest BCUT2D eigenvalue weighted by molar-refractivity contribution is 9.10. The van der Waals surface area contributed by atoms with E-state index in [4.69, 9.17) is 5.73 Å². The molecule has 0 bridgehead atoms. The van der Waals surface area contributed by atoms with Gasteiger partial charge in [-0.2, -0.15) is 4.31 Å². The van der Waals surface area contributed by atoms with Crippen LogP contribution in [-0.2, 0) is 14.8 Å². The number of anilines is 1. The van der Waals surface area contributed by atoms with E-state index in [2.05, 4.69) is 21.2 Å². The van der Waals surface area contributed by atoms with Gasteiger partial charge in [0, 0.05) is 18.8 Å². The third kappa shape index (κ3) is 2.52. The monoisotopic (exact) mass is 365 g/mol. The van der Waals surface area contributed by atoms with Gasteiger partial charge in [-0.1, -0.05) is 0 Å². The van der Waals surface area contributed by atoms with Crippen LogP contribution in [0.4, 0.5) is 10.1 Å². The number of rotatable bonds is 2. The van der Waals surface area contributed by atoms with E-state index in [-0.39, 0.29) is 23.2 Å². The first-order valence-corrected chi connectivity index (χ1v) is 8.02. The molecule has 1 fully saturated rings. The maximum Gasteiger partial charge on any atom is 0.246 e. The van der Waals surface area contributed by atoms with Crippen LogP contribution in [0.3, 0.4) is 0 Å². The predicted molar refractivity (Wildman–Crippen MR) is 74.9 cm³/mol. The number of benzene rings is 1. The molecule has 0 radical (unpaired) electrons. The zero-order chi connectivity index (χ0) is 15.1. The minimum Gasteiger partial charge on any atom is -0.399 e. The van der Waals surface area contributed by atoms with Crippen LogP contribution < -0.4 is 11.1 Å². The number of sulfonamides is 1. The van der Waals surface area contributed by atoms with Gasteiger partial charge in [-0.05, 0) is 35.0 Å². The number of piperazine rings is 1. The summed E-state index contributed by atoms with van der Waals surface area (Å²) < 4.78 is 40.0. The first-order chi connectivity index (χ1) is 9.25. The molecule has 6 nitrogen and oxygen atoms in total. The van der Waals surface area contributed by atoms with E-state index in [1.807, 2.05) is 0 Å². The van der Waals surface area contributed by atoms with Crippen molar-refractivity contribution in [1.29, 1.82) is 0 Å². The van der Waals surface area contributed by atoms with Gasteiger partial charge < -0.3 is 11.1 Å². The molecule has 0 aliphatic carbocycles. The van der Waals surface area contributed by atoms with Gasteiger partial charge in [0.25, 0.3) is 0 Å². The van der Waals surface area contributed by atoms with Crippen molar-refractivity contribution in [2.75, 3.05) is 18.8 Å². The van der Waals surface area contributed by atoms with E-state index in [1.165, 1.54) is 13.0 Å². The molecule has 1 atom stereocenters. The maximum atomic E-state index is 14.0. The highest BCUT2D eigenvalue weighted by Gasteiger charge is 2.37. The summed E-state index contributed by atoms with van der Waals surface area (Å²) in [6.07, 6.45) is 0. The van der Waals surface area contributed by atoms with Crippen LogP contribution in [-0.4, -0.2) is 37.8 Å². The molecule has 1 aliphatic heterocycles.